The van der Waals surface area contributed by atoms with E-state index in [1.165, 1.54) is 0 Å². The first-order valence-corrected chi connectivity index (χ1v) is 5.34. The maximum atomic E-state index is 11.5. The van der Waals surface area contributed by atoms with Crippen molar-refractivity contribution in [2.24, 2.45) is 0 Å². The Morgan fingerprint density at radius 2 is 1.56 bits per heavy atom. The first-order valence-electron chi connectivity index (χ1n) is 5.34. The Morgan fingerprint density at radius 3 is 1.94 bits per heavy atom. The molecule has 0 radical (unpaired) electrons. The predicted octanol–water partition coefficient (Wildman–Crippen LogP) is 1.73. The summed E-state index contributed by atoms with van der Waals surface area (Å²) in [6.45, 7) is 9.26. The standard InChI is InChI=1S/C11H22N2O3/c1-10(2,3)12-9(16)13-11(4,5)7-6-8(14)15/h6-7H2,1-5H3,(H,14,15)(H2,12,13,16). The van der Waals surface area contributed by atoms with Crippen molar-refractivity contribution in [3.63, 3.8) is 0 Å². The van der Waals surface area contributed by atoms with E-state index in [0.717, 1.165) is 0 Å². The number of carbonyl (C=O) groups is 2. The molecule has 5 nitrogen and oxygen atoms in total. The van der Waals surface area contributed by atoms with Crippen LogP contribution in [0.25, 0.3) is 0 Å². The number of hydrogen-bond donors (Lipinski definition) is 3. The van der Waals surface area contributed by atoms with Gasteiger partial charge in [-0.2, -0.15) is 0 Å². The Balaban J connectivity index is 4.15. The fourth-order valence-electron chi connectivity index (χ4n) is 1.16. The summed E-state index contributed by atoms with van der Waals surface area (Å²) >= 11 is 0. The highest BCUT2D eigenvalue weighted by Gasteiger charge is 2.23. The molecule has 0 spiro atoms. The molecule has 0 saturated heterocycles. The predicted molar refractivity (Wildman–Crippen MR) is 62.4 cm³/mol. The van der Waals surface area contributed by atoms with Crippen LogP contribution in [0.2, 0.25) is 0 Å². The lowest BCUT2D eigenvalue weighted by Crippen LogP contribution is -2.53. The molecule has 0 aliphatic carbocycles. The molecule has 0 aromatic heterocycles. The Hall–Kier alpha value is -1.26. The third kappa shape index (κ3) is 8.08. The van der Waals surface area contributed by atoms with Gasteiger partial charge in [0.1, 0.15) is 0 Å². The Morgan fingerprint density at radius 1 is 1.06 bits per heavy atom. The van der Waals surface area contributed by atoms with E-state index >= 15 is 0 Å². The van der Waals surface area contributed by atoms with Crippen molar-refractivity contribution in [3.05, 3.63) is 0 Å². The van der Waals surface area contributed by atoms with Crippen LogP contribution in [0.5, 0.6) is 0 Å². The molecule has 0 atom stereocenters. The molecule has 0 unspecified atom stereocenters. The Labute approximate surface area is 96.6 Å². The van der Waals surface area contributed by atoms with Crippen LogP contribution in [0.3, 0.4) is 0 Å². The van der Waals surface area contributed by atoms with Crippen LogP contribution in [0.15, 0.2) is 0 Å². The number of nitrogens with one attached hydrogen (secondary N) is 2. The third-order valence-corrected chi connectivity index (χ3v) is 1.90. The minimum Gasteiger partial charge on any atom is -0.481 e. The molecule has 0 bridgehead atoms. The second-order valence-electron chi connectivity index (χ2n) is 5.61. The maximum absolute atomic E-state index is 11.5. The molecule has 16 heavy (non-hydrogen) atoms. The van der Waals surface area contributed by atoms with Crippen molar-refractivity contribution in [1.29, 1.82) is 0 Å². The Bertz CT molecular complexity index is 267. The van der Waals surface area contributed by atoms with Crippen LogP contribution < -0.4 is 10.6 Å². The number of amides is 2. The normalized spacial score (nSPS) is 12.1. The molecule has 94 valence electrons. The molecular formula is C11H22N2O3. The van der Waals surface area contributed by atoms with Gasteiger partial charge in [-0.25, -0.2) is 4.79 Å². The first-order chi connectivity index (χ1) is 7.02. The highest BCUT2D eigenvalue weighted by Crippen LogP contribution is 2.11. The molecule has 5 heteroatoms. The van der Waals surface area contributed by atoms with E-state index in [0.29, 0.717) is 6.42 Å². The SMILES string of the molecule is CC(C)(C)NC(=O)NC(C)(C)CCC(=O)O. The minimum atomic E-state index is -0.855. The maximum Gasteiger partial charge on any atom is 0.315 e. The molecule has 0 aromatic carbocycles. The molecular weight excluding hydrogens is 208 g/mol. The summed E-state index contributed by atoms with van der Waals surface area (Å²) < 4.78 is 0. The van der Waals surface area contributed by atoms with E-state index < -0.39 is 11.5 Å². The van der Waals surface area contributed by atoms with Gasteiger partial charge in [-0.1, -0.05) is 0 Å². The highest BCUT2D eigenvalue weighted by atomic mass is 16.4. The lowest BCUT2D eigenvalue weighted by Gasteiger charge is -2.29. The topological polar surface area (TPSA) is 78.4 Å². The average molecular weight is 230 g/mol. The van der Waals surface area contributed by atoms with Gasteiger partial charge in [0.05, 0.1) is 0 Å². The third-order valence-electron chi connectivity index (χ3n) is 1.90. The van der Waals surface area contributed by atoms with Crippen molar-refractivity contribution in [2.45, 2.75) is 58.5 Å². The van der Waals surface area contributed by atoms with E-state index in [1.807, 2.05) is 20.8 Å². The number of urea groups is 1. The molecule has 0 aromatic rings. The van der Waals surface area contributed by atoms with Gasteiger partial charge in [0.15, 0.2) is 0 Å². The Kier molecular flexibility index (Phi) is 4.78. The fourth-order valence-corrected chi connectivity index (χ4v) is 1.16. The molecule has 0 aliphatic heterocycles. The van der Waals surface area contributed by atoms with Crippen molar-refractivity contribution < 1.29 is 14.7 Å². The summed E-state index contributed by atoms with van der Waals surface area (Å²) in [5, 5.41) is 14.1. The van der Waals surface area contributed by atoms with E-state index in [4.69, 9.17) is 5.11 Å². The zero-order valence-corrected chi connectivity index (χ0v) is 10.7. The van der Waals surface area contributed by atoms with Crippen molar-refractivity contribution >= 4 is 12.0 Å². The van der Waals surface area contributed by atoms with Crippen molar-refractivity contribution in [1.82, 2.24) is 10.6 Å². The summed E-state index contributed by atoms with van der Waals surface area (Å²) in [7, 11) is 0. The van der Waals surface area contributed by atoms with Gasteiger partial charge < -0.3 is 15.7 Å². The monoisotopic (exact) mass is 230 g/mol. The number of aliphatic carboxylic acids is 1. The van der Waals surface area contributed by atoms with Gasteiger partial charge in [-0.15, -0.1) is 0 Å². The van der Waals surface area contributed by atoms with Crippen LogP contribution in [0.1, 0.15) is 47.5 Å². The zero-order chi connectivity index (χ0) is 13.0. The smallest absolute Gasteiger partial charge is 0.315 e. The average Bonchev–Trinajstić information content (AvgIpc) is 1.95. The van der Waals surface area contributed by atoms with E-state index in [2.05, 4.69) is 10.6 Å². The molecule has 0 heterocycles. The van der Waals surface area contributed by atoms with Crippen LogP contribution in [0, 0.1) is 0 Å². The van der Waals surface area contributed by atoms with Gasteiger partial charge in [0.2, 0.25) is 0 Å². The number of carbonyl (C=O) groups excluding carboxylic acids is 1. The van der Waals surface area contributed by atoms with E-state index in [9.17, 15) is 9.59 Å². The lowest BCUT2D eigenvalue weighted by molar-refractivity contribution is -0.137. The van der Waals surface area contributed by atoms with Gasteiger partial charge in [-0.05, 0) is 41.0 Å². The number of carboxylic acids is 1. The van der Waals surface area contributed by atoms with Crippen molar-refractivity contribution in [2.75, 3.05) is 0 Å². The van der Waals surface area contributed by atoms with Crippen LogP contribution in [0.4, 0.5) is 4.79 Å². The van der Waals surface area contributed by atoms with Gasteiger partial charge in [-0.3, -0.25) is 4.79 Å². The van der Waals surface area contributed by atoms with E-state index in [-0.39, 0.29) is 18.0 Å². The molecule has 2 amide bonds. The molecule has 0 rings (SSSR count). The fraction of sp³-hybridized carbons (Fsp3) is 0.818. The van der Waals surface area contributed by atoms with E-state index in [1.54, 1.807) is 13.8 Å². The van der Waals surface area contributed by atoms with Gasteiger partial charge in [0.25, 0.3) is 0 Å². The molecule has 0 fully saturated rings. The molecule has 3 N–H and O–H groups in total. The van der Waals surface area contributed by atoms with Crippen LogP contribution >= 0.6 is 0 Å². The van der Waals surface area contributed by atoms with Gasteiger partial charge >= 0.3 is 12.0 Å². The number of hydrogen-bond acceptors (Lipinski definition) is 2. The molecule has 0 aliphatic rings. The summed E-state index contributed by atoms with van der Waals surface area (Å²) in [6, 6.07) is -0.275. The van der Waals surface area contributed by atoms with Crippen LogP contribution in [-0.2, 0) is 4.79 Å². The van der Waals surface area contributed by atoms with Crippen molar-refractivity contribution in [3.8, 4) is 0 Å². The van der Waals surface area contributed by atoms with Crippen LogP contribution in [-0.4, -0.2) is 28.2 Å². The summed E-state index contributed by atoms with van der Waals surface area (Å²) in [4.78, 5) is 22.0. The zero-order valence-electron chi connectivity index (χ0n) is 10.7. The number of carboxylic acid groups (broad SMARTS) is 1. The quantitative estimate of drug-likeness (QED) is 0.688. The summed E-state index contributed by atoms with van der Waals surface area (Å²) in [6.07, 6.45) is 0.447. The lowest BCUT2D eigenvalue weighted by atomic mass is 9.98. The molecule has 0 saturated carbocycles. The minimum absolute atomic E-state index is 0.0444. The second kappa shape index (κ2) is 5.18. The van der Waals surface area contributed by atoms with Gasteiger partial charge in [0, 0.05) is 17.5 Å². The summed E-state index contributed by atoms with van der Waals surface area (Å²) in [5.41, 5.74) is -0.819. The summed E-state index contributed by atoms with van der Waals surface area (Å²) in [5.74, 6) is -0.855. The highest BCUT2D eigenvalue weighted by molar-refractivity contribution is 5.75. The largest absolute Gasteiger partial charge is 0.481 e. The first kappa shape index (κ1) is 14.7. The second-order valence-corrected chi connectivity index (χ2v) is 5.61. The number of rotatable bonds is 4.